The van der Waals surface area contributed by atoms with Crippen molar-refractivity contribution in [1.82, 2.24) is 9.80 Å². The average Bonchev–Trinajstić information content (AvgIpc) is 2.92. The Morgan fingerprint density at radius 3 is 2.64 bits per heavy atom. The monoisotopic (exact) mass is 320 g/mol. The Morgan fingerprint density at radius 2 is 2.00 bits per heavy atom. The Bertz CT molecular complexity index is 510. The van der Waals surface area contributed by atoms with Gasteiger partial charge in [0.25, 0.3) is 0 Å². The first-order valence-electron chi connectivity index (χ1n) is 7.70. The van der Waals surface area contributed by atoms with Gasteiger partial charge in [-0.2, -0.15) is 0 Å². The lowest BCUT2D eigenvalue weighted by Gasteiger charge is -2.21. The molecule has 0 radical (unpaired) electrons. The standard InChI is InChI=1S/C18H25ClN2O/c1-20(2)17-12-18(14-22)21(13-17)11-5-3-4-6-15-7-9-16(19)10-8-15/h3-10,17-18,22H,11-14H2,1-2H3/b5-3+,6-4+/t17-,18+/m1/s1. The normalized spacial score (nSPS) is 23.3. The Labute approximate surface area is 138 Å². The third kappa shape index (κ3) is 4.96. The molecule has 2 rings (SSSR count). The molecule has 1 aliphatic rings. The maximum Gasteiger partial charge on any atom is 0.0587 e. The highest BCUT2D eigenvalue weighted by Gasteiger charge is 2.31. The predicted octanol–water partition coefficient (Wildman–Crippen LogP) is 2.91. The van der Waals surface area contributed by atoms with Gasteiger partial charge in [0, 0.05) is 30.2 Å². The van der Waals surface area contributed by atoms with Crippen LogP contribution in [0, 0.1) is 0 Å². The van der Waals surface area contributed by atoms with Gasteiger partial charge in [-0.1, -0.05) is 48.0 Å². The van der Waals surface area contributed by atoms with Gasteiger partial charge in [-0.3, -0.25) is 4.90 Å². The minimum absolute atomic E-state index is 0.235. The summed E-state index contributed by atoms with van der Waals surface area (Å²) in [5.74, 6) is 0. The molecule has 120 valence electrons. The van der Waals surface area contributed by atoms with Crippen molar-refractivity contribution in [2.45, 2.75) is 18.5 Å². The number of nitrogens with zero attached hydrogens (tertiary/aromatic N) is 2. The highest BCUT2D eigenvalue weighted by molar-refractivity contribution is 6.30. The van der Waals surface area contributed by atoms with E-state index < -0.39 is 0 Å². The van der Waals surface area contributed by atoms with E-state index in [4.69, 9.17) is 11.6 Å². The van der Waals surface area contributed by atoms with Crippen molar-refractivity contribution in [1.29, 1.82) is 0 Å². The van der Waals surface area contributed by atoms with E-state index in [-0.39, 0.29) is 12.6 Å². The van der Waals surface area contributed by atoms with Crippen LogP contribution >= 0.6 is 11.6 Å². The van der Waals surface area contributed by atoms with Crippen molar-refractivity contribution >= 4 is 17.7 Å². The summed E-state index contributed by atoms with van der Waals surface area (Å²) in [6, 6.07) is 8.59. The lowest BCUT2D eigenvalue weighted by Crippen LogP contribution is -2.34. The van der Waals surface area contributed by atoms with Crippen LogP contribution < -0.4 is 0 Å². The summed E-state index contributed by atoms with van der Waals surface area (Å²) < 4.78 is 0. The topological polar surface area (TPSA) is 26.7 Å². The summed E-state index contributed by atoms with van der Waals surface area (Å²) in [5, 5.41) is 10.3. The third-order valence-electron chi connectivity index (χ3n) is 4.19. The molecule has 3 nitrogen and oxygen atoms in total. The first kappa shape index (κ1) is 17.2. The largest absolute Gasteiger partial charge is 0.395 e. The minimum Gasteiger partial charge on any atom is -0.395 e. The maximum absolute atomic E-state index is 9.50. The summed E-state index contributed by atoms with van der Waals surface area (Å²) in [4.78, 5) is 4.59. The number of likely N-dealkylation sites (N-methyl/N-ethyl adjacent to an activating group) is 1. The van der Waals surface area contributed by atoms with Crippen LogP contribution in [-0.2, 0) is 0 Å². The second-order valence-corrected chi connectivity index (χ2v) is 6.42. The van der Waals surface area contributed by atoms with Crippen LogP contribution in [0.2, 0.25) is 5.02 Å². The summed E-state index contributed by atoms with van der Waals surface area (Å²) in [5.41, 5.74) is 1.14. The average molecular weight is 321 g/mol. The number of halogens is 1. The quantitative estimate of drug-likeness (QED) is 0.816. The third-order valence-corrected chi connectivity index (χ3v) is 4.44. The molecule has 0 spiro atoms. The van der Waals surface area contributed by atoms with Crippen molar-refractivity contribution in [3.8, 4) is 0 Å². The van der Waals surface area contributed by atoms with Crippen LogP contribution in [0.15, 0.2) is 42.5 Å². The van der Waals surface area contributed by atoms with Crippen LogP contribution in [0.5, 0.6) is 0 Å². The minimum atomic E-state index is 0.235. The second kappa shape index (κ2) is 8.49. The van der Waals surface area contributed by atoms with Crippen molar-refractivity contribution in [3.05, 3.63) is 53.1 Å². The SMILES string of the molecule is CN(C)[C@@H]1C[C@@H](CO)N(C/C=C/C=C/c2ccc(Cl)cc2)C1. The molecule has 2 atom stereocenters. The van der Waals surface area contributed by atoms with Crippen LogP contribution in [-0.4, -0.2) is 60.8 Å². The first-order valence-corrected chi connectivity index (χ1v) is 8.08. The lowest BCUT2D eigenvalue weighted by molar-refractivity contribution is 0.169. The van der Waals surface area contributed by atoms with Gasteiger partial charge in [0.15, 0.2) is 0 Å². The maximum atomic E-state index is 9.50. The second-order valence-electron chi connectivity index (χ2n) is 5.98. The molecule has 0 saturated carbocycles. The van der Waals surface area contributed by atoms with Gasteiger partial charge in [-0.05, 0) is 38.2 Å². The van der Waals surface area contributed by atoms with E-state index in [1.165, 1.54) is 0 Å². The van der Waals surface area contributed by atoms with Gasteiger partial charge < -0.3 is 10.0 Å². The molecular weight excluding hydrogens is 296 g/mol. The molecule has 22 heavy (non-hydrogen) atoms. The Hall–Kier alpha value is -1.13. The van der Waals surface area contributed by atoms with Gasteiger partial charge in [0.2, 0.25) is 0 Å². The van der Waals surface area contributed by atoms with Gasteiger partial charge in [-0.15, -0.1) is 0 Å². The molecule has 1 saturated heterocycles. The van der Waals surface area contributed by atoms with E-state index >= 15 is 0 Å². The molecule has 1 heterocycles. The zero-order valence-corrected chi connectivity index (χ0v) is 14.1. The lowest BCUT2D eigenvalue weighted by atomic mass is 10.1. The van der Waals surface area contributed by atoms with Crippen LogP contribution in [0.3, 0.4) is 0 Å². The van der Waals surface area contributed by atoms with Crippen molar-refractivity contribution < 1.29 is 5.11 Å². The number of aliphatic hydroxyl groups excluding tert-OH is 1. The van der Waals surface area contributed by atoms with Crippen molar-refractivity contribution in [2.75, 3.05) is 33.8 Å². The first-order chi connectivity index (χ1) is 10.6. The Balaban J connectivity index is 1.82. The van der Waals surface area contributed by atoms with Crippen LogP contribution in [0.1, 0.15) is 12.0 Å². The van der Waals surface area contributed by atoms with Crippen LogP contribution in [0.4, 0.5) is 0 Å². The summed E-state index contributed by atoms with van der Waals surface area (Å²) >= 11 is 5.86. The number of benzene rings is 1. The molecule has 1 N–H and O–H groups in total. The van der Waals surface area contributed by atoms with E-state index in [0.29, 0.717) is 6.04 Å². The summed E-state index contributed by atoms with van der Waals surface area (Å²) in [6.07, 6.45) is 9.34. The zero-order chi connectivity index (χ0) is 15.9. The molecule has 1 aliphatic heterocycles. The van der Waals surface area contributed by atoms with Crippen molar-refractivity contribution in [3.63, 3.8) is 0 Å². The number of hydrogen-bond acceptors (Lipinski definition) is 3. The molecule has 0 aliphatic carbocycles. The van der Waals surface area contributed by atoms with Gasteiger partial charge in [0.1, 0.15) is 0 Å². The molecule has 1 fully saturated rings. The number of allylic oxidation sites excluding steroid dienone is 2. The highest BCUT2D eigenvalue weighted by atomic mass is 35.5. The highest BCUT2D eigenvalue weighted by Crippen LogP contribution is 2.20. The molecule has 1 aromatic carbocycles. The van der Waals surface area contributed by atoms with E-state index in [2.05, 4.69) is 42.1 Å². The summed E-state index contributed by atoms with van der Waals surface area (Å²) in [7, 11) is 4.21. The number of aliphatic hydroxyl groups is 1. The molecule has 0 amide bonds. The number of rotatable bonds is 6. The van der Waals surface area contributed by atoms with E-state index in [1.54, 1.807) is 0 Å². The molecule has 1 aromatic rings. The van der Waals surface area contributed by atoms with Gasteiger partial charge >= 0.3 is 0 Å². The fourth-order valence-corrected chi connectivity index (χ4v) is 2.89. The Morgan fingerprint density at radius 1 is 1.27 bits per heavy atom. The summed E-state index contributed by atoms with van der Waals surface area (Å²) in [6.45, 7) is 2.13. The number of likely N-dealkylation sites (tertiary alicyclic amines) is 1. The molecule has 0 bridgehead atoms. The predicted molar refractivity (Wildman–Crippen MR) is 94.2 cm³/mol. The fourth-order valence-electron chi connectivity index (χ4n) is 2.76. The fraction of sp³-hybridized carbons (Fsp3) is 0.444. The molecular formula is C18H25ClN2O. The smallest absolute Gasteiger partial charge is 0.0587 e. The molecule has 0 aromatic heterocycles. The molecule has 4 heteroatoms. The van der Waals surface area contributed by atoms with Gasteiger partial charge in [0.05, 0.1) is 6.61 Å². The Kier molecular flexibility index (Phi) is 6.65. The van der Waals surface area contributed by atoms with E-state index in [0.717, 1.165) is 30.1 Å². The van der Waals surface area contributed by atoms with E-state index in [9.17, 15) is 5.11 Å². The number of hydrogen-bond donors (Lipinski definition) is 1. The molecule has 0 unspecified atom stereocenters. The van der Waals surface area contributed by atoms with Crippen LogP contribution in [0.25, 0.3) is 6.08 Å². The van der Waals surface area contributed by atoms with E-state index in [1.807, 2.05) is 30.3 Å². The zero-order valence-electron chi connectivity index (χ0n) is 13.3. The van der Waals surface area contributed by atoms with Gasteiger partial charge in [-0.25, -0.2) is 0 Å². The van der Waals surface area contributed by atoms with Crippen molar-refractivity contribution in [2.24, 2.45) is 0 Å².